The van der Waals surface area contributed by atoms with E-state index in [1.54, 1.807) is 0 Å². The van der Waals surface area contributed by atoms with Crippen molar-refractivity contribution < 1.29 is 0 Å². The summed E-state index contributed by atoms with van der Waals surface area (Å²) in [5.41, 5.74) is 10.5. The van der Waals surface area contributed by atoms with Gasteiger partial charge >= 0.3 is 0 Å². The molecule has 226 valence electrons. The molecule has 6 nitrogen and oxygen atoms in total. The van der Waals surface area contributed by atoms with Crippen LogP contribution in [0.15, 0.2) is 134 Å². The molecule has 9 rings (SSSR count). The maximum absolute atomic E-state index is 2.52. The Morgan fingerprint density at radius 1 is 0.457 bits per heavy atom. The molecule has 0 fully saturated rings. The molecule has 5 aliphatic heterocycles. The van der Waals surface area contributed by atoms with Gasteiger partial charge in [0.1, 0.15) is 5.82 Å². The predicted molar refractivity (Wildman–Crippen MR) is 184 cm³/mol. The largest absolute Gasteiger partial charge is 0.338 e. The second-order valence-electron chi connectivity index (χ2n) is 12.4. The third-order valence-corrected chi connectivity index (χ3v) is 9.69. The Bertz CT molecular complexity index is 1950. The van der Waals surface area contributed by atoms with E-state index in [4.69, 9.17) is 0 Å². The van der Waals surface area contributed by atoms with Crippen LogP contribution in [0.4, 0.5) is 0 Å². The summed E-state index contributed by atoms with van der Waals surface area (Å²) < 4.78 is 0. The average molecular weight is 601 g/mol. The molecule has 0 spiro atoms. The monoisotopic (exact) mass is 600 g/mol. The quantitative estimate of drug-likeness (QED) is 0.240. The Hall–Kier alpha value is -5.46. The maximum atomic E-state index is 2.52. The van der Waals surface area contributed by atoms with E-state index in [2.05, 4.69) is 182 Å². The molecule has 0 radical (unpaired) electrons. The van der Waals surface area contributed by atoms with Gasteiger partial charge in [-0.05, 0) is 74.9 Å². The van der Waals surface area contributed by atoms with Crippen LogP contribution in [0.2, 0.25) is 0 Å². The number of hydrazine groups is 2. The number of fused-ring (bicyclic) bond motifs is 4. The zero-order valence-electron chi connectivity index (χ0n) is 25.7. The third-order valence-electron chi connectivity index (χ3n) is 9.69. The van der Waals surface area contributed by atoms with Crippen LogP contribution in [0.3, 0.4) is 0 Å². The highest BCUT2D eigenvalue weighted by Crippen LogP contribution is 2.37. The molecule has 1 atom stereocenters. The van der Waals surface area contributed by atoms with Gasteiger partial charge in [0.25, 0.3) is 0 Å². The summed E-state index contributed by atoms with van der Waals surface area (Å²) in [5.74, 6) is 1.18. The first-order valence-corrected chi connectivity index (χ1v) is 16.1. The van der Waals surface area contributed by atoms with E-state index in [1.165, 1.54) is 50.3 Å². The van der Waals surface area contributed by atoms with E-state index < -0.39 is 0 Å². The molecular weight excluding hydrogens is 564 g/mol. The third kappa shape index (κ3) is 4.70. The zero-order valence-corrected chi connectivity index (χ0v) is 25.7. The van der Waals surface area contributed by atoms with Crippen LogP contribution in [0.25, 0.3) is 24.3 Å². The van der Waals surface area contributed by atoms with Gasteiger partial charge in [-0.1, -0.05) is 97.1 Å². The van der Waals surface area contributed by atoms with Crippen molar-refractivity contribution in [3.63, 3.8) is 0 Å². The topological polar surface area (TPSA) is 19.4 Å². The Morgan fingerprint density at radius 2 is 0.935 bits per heavy atom. The van der Waals surface area contributed by atoms with Gasteiger partial charge in [0.2, 0.25) is 0 Å². The lowest BCUT2D eigenvalue weighted by molar-refractivity contribution is -0.204. The van der Waals surface area contributed by atoms with Crippen LogP contribution >= 0.6 is 0 Å². The zero-order chi connectivity index (χ0) is 30.5. The van der Waals surface area contributed by atoms with Gasteiger partial charge in [0, 0.05) is 44.4 Å². The van der Waals surface area contributed by atoms with E-state index in [-0.39, 0.29) is 6.29 Å². The second kappa shape index (κ2) is 11.2. The smallest absolute Gasteiger partial charge is 0.197 e. The molecule has 0 aromatic heterocycles. The fourth-order valence-electron chi connectivity index (χ4n) is 7.29. The Kier molecular flexibility index (Phi) is 6.53. The maximum Gasteiger partial charge on any atom is 0.197 e. The molecular formula is C40H36N6. The minimum atomic E-state index is -0.125. The molecule has 4 aromatic rings. The highest BCUT2D eigenvalue weighted by molar-refractivity contribution is 5.58. The van der Waals surface area contributed by atoms with Crippen molar-refractivity contribution >= 4 is 24.3 Å². The predicted octanol–water partition coefficient (Wildman–Crippen LogP) is 7.51. The van der Waals surface area contributed by atoms with Gasteiger partial charge in [-0.15, -0.1) is 0 Å². The summed E-state index contributed by atoms with van der Waals surface area (Å²) in [7, 11) is 0. The van der Waals surface area contributed by atoms with Gasteiger partial charge in [-0.3, -0.25) is 5.01 Å². The second-order valence-corrected chi connectivity index (χ2v) is 12.4. The van der Waals surface area contributed by atoms with Crippen molar-refractivity contribution in [1.82, 2.24) is 29.8 Å². The van der Waals surface area contributed by atoms with E-state index in [0.29, 0.717) is 0 Å². The summed E-state index contributed by atoms with van der Waals surface area (Å²) in [4.78, 5) is 4.92. The van der Waals surface area contributed by atoms with Crippen LogP contribution in [-0.2, 0) is 26.2 Å². The van der Waals surface area contributed by atoms with Crippen LogP contribution in [-0.4, -0.2) is 42.7 Å². The molecule has 0 bridgehead atoms. The number of benzene rings is 4. The minimum Gasteiger partial charge on any atom is -0.338 e. The van der Waals surface area contributed by atoms with Gasteiger partial charge in [-0.2, -0.15) is 5.01 Å². The molecule has 1 unspecified atom stereocenters. The molecule has 5 aliphatic rings. The lowest BCUT2D eigenvalue weighted by atomic mass is 10.0. The van der Waals surface area contributed by atoms with E-state index in [1.807, 2.05) is 0 Å². The number of hydrogen-bond donors (Lipinski definition) is 0. The lowest BCUT2D eigenvalue weighted by Crippen LogP contribution is -2.66. The van der Waals surface area contributed by atoms with Crippen molar-refractivity contribution in [3.8, 4) is 0 Å². The Balaban J connectivity index is 1.16. The van der Waals surface area contributed by atoms with Crippen LogP contribution in [0.1, 0.15) is 44.5 Å². The molecule has 0 saturated heterocycles. The fourth-order valence-corrected chi connectivity index (χ4v) is 7.29. The molecule has 0 N–H and O–H groups in total. The SMILES string of the molecule is C1=CN(C2=CCN(N3C=Cc4ccccc4C3)C(N3C=Cc4ccccc4C3)N2N2C=Cc3ccccc3C2)Cc2ccccc21. The molecule has 0 saturated carbocycles. The molecule has 0 amide bonds. The summed E-state index contributed by atoms with van der Waals surface area (Å²) in [6.45, 7) is 4.03. The first-order valence-electron chi connectivity index (χ1n) is 16.1. The molecule has 5 heterocycles. The highest BCUT2D eigenvalue weighted by atomic mass is 15.8. The van der Waals surface area contributed by atoms with Gasteiger partial charge in [-0.25, -0.2) is 5.01 Å². The number of rotatable bonds is 4. The van der Waals surface area contributed by atoms with Crippen molar-refractivity contribution in [2.45, 2.75) is 32.5 Å². The van der Waals surface area contributed by atoms with E-state index in [9.17, 15) is 0 Å². The summed E-state index contributed by atoms with van der Waals surface area (Å²) in [6, 6.07) is 35.0. The Labute approximate surface area is 270 Å². The summed E-state index contributed by atoms with van der Waals surface area (Å²) in [6.07, 6.45) is 20.4. The molecule has 46 heavy (non-hydrogen) atoms. The number of hydrogen-bond acceptors (Lipinski definition) is 6. The standard InChI is InChI=1S/C40H36N6/c1-5-13-35-27-41(22-17-31(35)9-1)39-21-26-45(43-24-19-33-11-3-7-15-37(33)29-43)40(42-23-18-32-10-2-6-14-36(32)28-42)46(39)44-25-20-34-12-4-8-16-38(34)30-44/h1-25,40H,26-30H2. The highest BCUT2D eigenvalue weighted by Gasteiger charge is 2.42. The first kappa shape index (κ1) is 26.9. The van der Waals surface area contributed by atoms with E-state index in [0.717, 1.165) is 32.7 Å². The fraction of sp³-hybridized carbons (Fsp3) is 0.150. The minimum absolute atomic E-state index is 0.125. The summed E-state index contributed by atoms with van der Waals surface area (Å²) >= 11 is 0. The lowest BCUT2D eigenvalue weighted by Gasteiger charge is -2.56. The average Bonchev–Trinajstić information content (AvgIpc) is 3.13. The van der Waals surface area contributed by atoms with Crippen molar-refractivity contribution in [1.29, 1.82) is 0 Å². The van der Waals surface area contributed by atoms with Crippen LogP contribution < -0.4 is 0 Å². The van der Waals surface area contributed by atoms with Crippen LogP contribution in [0, 0.1) is 0 Å². The molecule has 6 heteroatoms. The normalized spacial score (nSPS) is 19.9. The number of nitrogens with zero attached hydrogens (tertiary/aromatic N) is 6. The van der Waals surface area contributed by atoms with E-state index >= 15 is 0 Å². The van der Waals surface area contributed by atoms with Crippen molar-refractivity contribution in [3.05, 3.63) is 178 Å². The Morgan fingerprint density at radius 3 is 1.57 bits per heavy atom. The van der Waals surface area contributed by atoms with Gasteiger partial charge in [0.05, 0.1) is 13.1 Å². The molecule has 0 aliphatic carbocycles. The molecule has 4 aromatic carbocycles. The first-order chi connectivity index (χ1) is 22.8. The van der Waals surface area contributed by atoms with Crippen LogP contribution in [0.5, 0.6) is 0 Å². The van der Waals surface area contributed by atoms with Crippen molar-refractivity contribution in [2.75, 3.05) is 6.54 Å². The van der Waals surface area contributed by atoms with Gasteiger partial charge < -0.3 is 14.8 Å². The van der Waals surface area contributed by atoms with Crippen molar-refractivity contribution in [2.24, 2.45) is 0 Å². The summed E-state index contributed by atoms with van der Waals surface area (Å²) in [5, 5.41) is 9.85. The van der Waals surface area contributed by atoms with Gasteiger partial charge in [0.15, 0.2) is 6.29 Å².